The summed E-state index contributed by atoms with van der Waals surface area (Å²) in [6.07, 6.45) is 4.09. The molecular weight excluding hydrogens is 251 g/mol. The molecule has 0 amide bonds. The van der Waals surface area contributed by atoms with E-state index in [1.807, 2.05) is 18.3 Å². The Balaban J connectivity index is 1.81. The Labute approximate surface area is 121 Å². The summed E-state index contributed by atoms with van der Waals surface area (Å²) in [6, 6.07) is 6.04. The van der Waals surface area contributed by atoms with E-state index in [1.165, 1.54) is 0 Å². The summed E-state index contributed by atoms with van der Waals surface area (Å²) >= 11 is 0. The van der Waals surface area contributed by atoms with Gasteiger partial charge < -0.3 is 14.2 Å². The van der Waals surface area contributed by atoms with Crippen LogP contribution < -0.4 is 4.90 Å². The van der Waals surface area contributed by atoms with Crippen molar-refractivity contribution in [3.63, 3.8) is 0 Å². The Morgan fingerprint density at radius 3 is 2.50 bits per heavy atom. The Hall–Kier alpha value is -1.07. The number of aromatic nitrogens is 1. The Kier molecular flexibility index (Phi) is 3.29. The molecule has 2 aliphatic rings. The van der Waals surface area contributed by atoms with Gasteiger partial charge in [-0.1, -0.05) is 6.07 Å². The third kappa shape index (κ3) is 2.23. The van der Waals surface area contributed by atoms with Gasteiger partial charge in [0.1, 0.15) is 5.82 Å². The average Bonchev–Trinajstić information content (AvgIpc) is 2.94. The highest BCUT2D eigenvalue weighted by molar-refractivity contribution is 6.48. The van der Waals surface area contributed by atoms with Crippen LogP contribution in [0, 0.1) is 0 Å². The van der Waals surface area contributed by atoms with Crippen LogP contribution in [0.15, 0.2) is 24.4 Å². The maximum Gasteiger partial charge on any atom is 0.482 e. The summed E-state index contributed by atoms with van der Waals surface area (Å²) in [5.74, 6) is 1.27. The van der Waals surface area contributed by atoms with Crippen LogP contribution in [0.3, 0.4) is 0 Å². The van der Waals surface area contributed by atoms with Gasteiger partial charge in [0.2, 0.25) is 0 Å². The van der Waals surface area contributed by atoms with Gasteiger partial charge in [-0.15, -0.1) is 0 Å². The van der Waals surface area contributed by atoms with Crippen molar-refractivity contribution in [2.75, 3.05) is 11.4 Å². The summed E-state index contributed by atoms with van der Waals surface area (Å²) < 4.78 is 12.4. The second-order valence-corrected chi connectivity index (χ2v) is 6.72. The fraction of sp³-hybridized carbons (Fsp3) is 0.667. The van der Waals surface area contributed by atoms with Crippen molar-refractivity contribution in [3.05, 3.63) is 24.4 Å². The van der Waals surface area contributed by atoms with Gasteiger partial charge >= 0.3 is 7.12 Å². The van der Waals surface area contributed by atoms with Crippen LogP contribution in [0.2, 0.25) is 0 Å². The van der Waals surface area contributed by atoms with E-state index in [-0.39, 0.29) is 24.3 Å². The van der Waals surface area contributed by atoms with Crippen LogP contribution in [-0.4, -0.2) is 35.8 Å². The van der Waals surface area contributed by atoms with Gasteiger partial charge in [-0.2, -0.15) is 0 Å². The number of hydrogen-bond donors (Lipinski definition) is 0. The molecule has 2 aliphatic heterocycles. The van der Waals surface area contributed by atoms with Crippen LogP contribution in [0.25, 0.3) is 0 Å². The molecular formula is C15H23BN2O2. The Morgan fingerprint density at radius 2 is 1.90 bits per heavy atom. The van der Waals surface area contributed by atoms with Crippen LogP contribution in [0.5, 0.6) is 0 Å². The zero-order valence-electron chi connectivity index (χ0n) is 12.8. The first-order valence-corrected chi connectivity index (χ1v) is 7.44. The molecule has 5 heteroatoms. The monoisotopic (exact) mass is 274 g/mol. The Bertz CT molecular complexity index is 462. The minimum atomic E-state index is -0.268. The van der Waals surface area contributed by atoms with Crippen molar-refractivity contribution in [2.45, 2.75) is 57.7 Å². The predicted octanol–water partition coefficient (Wildman–Crippen LogP) is 2.68. The van der Waals surface area contributed by atoms with E-state index in [2.05, 4.69) is 43.6 Å². The Morgan fingerprint density at radius 1 is 1.20 bits per heavy atom. The summed E-state index contributed by atoms with van der Waals surface area (Å²) in [4.78, 5) is 6.79. The second-order valence-electron chi connectivity index (χ2n) is 6.72. The van der Waals surface area contributed by atoms with Crippen LogP contribution >= 0.6 is 0 Å². The van der Waals surface area contributed by atoms with Crippen LogP contribution in [0.4, 0.5) is 5.82 Å². The molecule has 0 radical (unpaired) electrons. The topological polar surface area (TPSA) is 34.6 Å². The minimum absolute atomic E-state index is 0.176. The lowest BCUT2D eigenvalue weighted by Crippen LogP contribution is -2.44. The van der Waals surface area contributed by atoms with Gasteiger partial charge in [0.05, 0.1) is 17.1 Å². The molecule has 3 rings (SSSR count). The number of rotatable bonds is 2. The molecule has 3 heterocycles. The predicted molar refractivity (Wildman–Crippen MR) is 80.7 cm³/mol. The first-order chi connectivity index (χ1) is 9.41. The molecule has 1 atom stereocenters. The van der Waals surface area contributed by atoms with E-state index in [0.29, 0.717) is 0 Å². The highest BCUT2D eigenvalue weighted by Gasteiger charge is 2.55. The minimum Gasteiger partial charge on any atom is -0.402 e. The zero-order valence-corrected chi connectivity index (χ0v) is 12.8. The van der Waals surface area contributed by atoms with Gasteiger partial charge in [-0.3, -0.25) is 0 Å². The lowest BCUT2D eigenvalue weighted by molar-refractivity contribution is 0.00578. The molecule has 0 bridgehead atoms. The van der Waals surface area contributed by atoms with E-state index >= 15 is 0 Å². The number of pyridine rings is 1. The van der Waals surface area contributed by atoms with E-state index in [9.17, 15) is 0 Å². The fourth-order valence-electron chi connectivity index (χ4n) is 2.93. The van der Waals surface area contributed by atoms with Crippen molar-refractivity contribution >= 4 is 12.9 Å². The highest BCUT2D eigenvalue weighted by atomic mass is 16.7. The SMILES string of the molecule is CC1(C)OB([C@H]2CCCN2c2ccccn2)OC1(C)C. The zero-order chi connectivity index (χ0) is 14.4. The largest absolute Gasteiger partial charge is 0.482 e. The maximum atomic E-state index is 6.21. The first kappa shape index (κ1) is 13.9. The molecule has 20 heavy (non-hydrogen) atoms. The second kappa shape index (κ2) is 4.74. The van der Waals surface area contributed by atoms with Crippen molar-refractivity contribution in [1.82, 2.24) is 4.98 Å². The molecule has 4 nitrogen and oxygen atoms in total. The third-order valence-corrected chi connectivity index (χ3v) is 4.83. The van der Waals surface area contributed by atoms with Crippen molar-refractivity contribution in [3.8, 4) is 0 Å². The number of hydrogen-bond acceptors (Lipinski definition) is 4. The molecule has 0 N–H and O–H groups in total. The molecule has 0 spiro atoms. The van der Waals surface area contributed by atoms with Gasteiger partial charge in [0.25, 0.3) is 0 Å². The maximum absolute atomic E-state index is 6.21. The number of nitrogens with zero attached hydrogens (tertiary/aromatic N) is 2. The molecule has 108 valence electrons. The van der Waals surface area contributed by atoms with E-state index < -0.39 is 0 Å². The molecule has 2 fully saturated rings. The molecule has 1 aromatic rings. The molecule has 0 aliphatic carbocycles. The van der Waals surface area contributed by atoms with Crippen molar-refractivity contribution in [2.24, 2.45) is 0 Å². The van der Waals surface area contributed by atoms with Crippen molar-refractivity contribution in [1.29, 1.82) is 0 Å². The van der Waals surface area contributed by atoms with E-state index in [4.69, 9.17) is 9.31 Å². The first-order valence-electron chi connectivity index (χ1n) is 7.44. The summed E-state index contributed by atoms with van der Waals surface area (Å²) in [7, 11) is -0.176. The van der Waals surface area contributed by atoms with Crippen LogP contribution in [0.1, 0.15) is 40.5 Å². The molecule has 0 unspecified atom stereocenters. The van der Waals surface area contributed by atoms with Gasteiger partial charge in [0.15, 0.2) is 0 Å². The molecule has 1 aromatic heterocycles. The molecule has 0 aromatic carbocycles. The smallest absolute Gasteiger partial charge is 0.402 e. The summed E-state index contributed by atoms with van der Waals surface area (Å²) in [6.45, 7) is 9.44. The third-order valence-electron chi connectivity index (χ3n) is 4.83. The highest BCUT2D eigenvalue weighted by Crippen LogP contribution is 2.40. The summed E-state index contributed by atoms with van der Waals surface area (Å²) in [5.41, 5.74) is -0.536. The average molecular weight is 274 g/mol. The molecule has 0 saturated carbocycles. The lowest BCUT2D eigenvalue weighted by Gasteiger charge is -2.32. The normalized spacial score (nSPS) is 28.1. The van der Waals surface area contributed by atoms with Gasteiger partial charge in [-0.25, -0.2) is 4.98 Å². The summed E-state index contributed by atoms with van der Waals surface area (Å²) in [5, 5.41) is 0. The van der Waals surface area contributed by atoms with Gasteiger partial charge in [-0.05, 0) is 52.7 Å². The van der Waals surface area contributed by atoms with E-state index in [1.54, 1.807) is 0 Å². The van der Waals surface area contributed by atoms with Crippen molar-refractivity contribution < 1.29 is 9.31 Å². The standard InChI is InChI=1S/C15H23BN2O2/c1-14(2)15(3,4)20-16(19-14)12-8-7-11-18(12)13-9-5-6-10-17-13/h5-6,9-10,12H,7-8,11H2,1-4H3/t12-/m1/s1. The van der Waals surface area contributed by atoms with Gasteiger partial charge in [0, 0.05) is 12.7 Å². The van der Waals surface area contributed by atoms with E-state index in [0.717, 1.165) is 25.2 Å². The van der Waals surface area contributed by atoms with Crippen LogP contribution in [-0.2, 0) is 9.31 Å². The quantitative estimate of drug-likeness (QED) is 0.777. The fourth-order valence-corrected chi connectivity index (χ4v) is 2.93. The number of anilines is 1. The molecule has 2 saturated heterocycles. The lowest BCUT2D eigenvalue weighted by atomic mass is 9.76.